The minimum absolute atomic E-state index is 0.0932. The highest BCUT2D eigenvalue weighted by Gasteiger charge is 2.41. The molecule has 1 N–H and O–H groups in total. The Morgan fingerprint density at radius 1 is 0.976 bits per heavy atom. The topological polar surface area (TPSA) is 83.5 Å². The highest BCUT2D eigenvalue weighted by molar-refractivity contribution is 8.16. The van der Waals surface area contributed by atoms with Gasteiger partial charge in [-0.1, -0.05) is 72.4 Å². The van der Waals surface area contributed by atoms with Gasteiger partial charge in [0.1, 0.15) is 18.1 Å². The summed E-state index contributed by atoms with van der Waals surface area (Å²) in [6, 6.07) is 26.2. The lowest BCUT2D eigenvalue weighted by Gasteiger charge is -2.36. The number of hydrogen-bond acceptors (Lipinski definition) is 8. The lowest BCUT2D eigenvalue weighted by Crippen LogP contribution is -2.38. The second-order valence-electron chi connectivity index (χ2n) is 10.3. The van der Waals surface area contributed by atoms with Gasteiger partial charge in [0.05, 0.1) is 23.7 Å². The van der Waals surface area contributed by atoms with Crippen molar-refractivity contribution in [3.63, 3.8) is 0 Å². The first-order chi connectivity index (χ1) is 20.4. The molecule has 0 aliphatic carbocycles. The van der Waals surface area contributed by atoms with E-state index in [2.05, 4.69) is 5.32 Å². The number of ether oxygens (including phenoxy) is 2. The first-order valence-corrected chi connectivity index (χ1v) is 14.7. The van der Waals surface area contributed by atoms with Gasteiger partial charge in [0.15, 0.2) is 5.17 Å². The molecule has 1 amide bonds. The van der Waals surface area contributed by atoms with E-state index in [0.717, 1.165) is 23.4 Å². The molecule has 9 heteroatoms. The van der Waals surface area contributed by atoms with Gasteiger partial charge in [0.2, 0.25) is 5.91 Å². The van der Waals surface area contributed by atoms with Crippen molar-refractivity contribution in [1.82, 2.24) is 15.1 Å². The zero-order valence-corrected chi connectivity index (χ0v) is 24.8. The zero-order valence-electron chi connectivity index (χ0n) is 23.9. The molecule has 42 heavy (non-hydrogen) atoms. The van der Waals surface area contributed by atoms with E-state index in [1.807, 2.05) is 121 Å². The molecule has 0 saturated heterocycles. The molecule has 0 unspecified atom stereocenters. The van der Waals surface area contributed by atoms with Crippen LogP contribution in [0.2, 0.25) is 0 Å². The van der Waals surface area contributed by atoms with Gasteiger partial charge in [-0.25, -0.2) is 9.79 Å². The molecule has 8 nitrogen and oxygen atoms in total. The number of para-hydroxylation sites is 1. The molecule has 216 valence electrons. The van der Waals surface area contributed by atoms with Gasteiger partial charge < -0.3 is 24.6 Å². The van der Waals surface area contributed by atoms with Crippen molar-refractivity contribution in [2.45, 2.75) is 26.0 Å². The summed E-state index contributed by atoms with van der Waals surface area (Å²) >= 11 is 1.45. The maximum absolute atomic E-state index is 13.7. The Labute approximate surface area is 250 Å². The molecule has 0 bridgehead atoms. The van der Waals surface area contributed by atoms with Crippen LogP contribution in [-0.4, -0.2) is 54.0 Å². The number of benzene rings is 3. The SMILES string of the molecule is CC1=C(C(=O)OCc2ccccc2)[C@H](c2cccc(Oc3ccccc3)c2)N2C(CC(=O)NCCN(C)C)=CSC2=N1. The molecule has 1 atom stereocenters. The van der Waals surface area contributed by atoms with Crippen LogP contribution in [0.25, 0.3) is 0 Å². The summed E-state index contributed by atoms with van der Waals surface area (Å²) in [6.07, 6.45) is 0.154. The summed E-state index contributed by atoms with van der Waals surface area (Å²) in [5.41, 5.74) is 3.49. The van der Waals surface area contributed by atoms with Crippen LogP contribution in [0.4, 0.5) is 0 Å². The van der Waals surface area contributed by atoms with Crippen molar-refractivity contribution in [3.8, 4) is 11.5 Å². The maximum Gasteiger partial charge on any atom is 0.338 e. The van der Waals surface area contributed by atoms with Crippen LogP contribution in [0.15, 0.2) is 112 Å². The van der Waals surface area contributed by atoms with Crippen LogP contribution >= 0.6 is 11.8 Å². The van der Waals surface area contributed by atoms with Crippen LogP contribution in [0, 0.1) is 0 Å². The number of nitrogens with one attached hydrogen (secondary N) is 1. The minimum Gasteiger partial charge on any atom is -0.457 e. The minimum atomic E-state index is -0.559. The number of hydrogen-bond donors (Lipinski definition) is 1. The Morgan fingerprint density at radius 3 is 2.43 bits per heavy atom. The Bertz CT molecular complexity index is 1520. The third kappa shape index (κ3) is 7.10. The third-order valence-corrected chi connectivity index (χ3v) is 7.70. The predicted octanol–water partition coefficient (Wildman–Crippen LogP) is 5.87. The Morgan fingerprint density at radius 2 is 1.69 bits per heavy atom. The molecule has 3 aromatic carbocycles. The molecule has 0 saturated carbocycles. The van der Waals surface area contributed by atoms with Gasteiger partial charge in [-0.15, -0.1) is 0 Å². The fraction of sp³-hybridized carbons (Fsp3) is 0.242. The quantitative estimate of drug-likeness (QED) is 0.283. The average molecular weight is 583 g/mol. The number of fused-ring (bicyclic) bond motifs is 1. The van der Waals surface area contributed by atoms with Crippen LogP contribution in [-0.2, 0) is 20.9 Å². The molecule has 2 aliphatic heterocycles. The monoisotopic (exact) mass is 582 g/mol. The Kier molecular flexibility index (Phi) is 9.41. The molecule has 0 spiro atoms. The van der Waals surface area contributed by atoms with E-state index in [0.29, 0.717) is 34.5 Å². The van der Waals surface area contributed by atoms with Gasteiger partial charge in [0.25, 0.3) is 0 Å². The zero-order chi connectivity index (χ0) is 29.5. The van der Waals surface area contributed by atoms with E-state index in [1.165, 1.54) is 11.8 Å². The lowest BCUT2D eigenvalue weighted by molar-refractivity contribution is -0.141. The van der Waals surface area contributed by atoms with Gasteiger partial charge in [-0.2, -0.15) is 0 Å². The number of nitrogens with zero attached hydrogens (tertiary/aromatic N) is 3. The van der Waals surface area contributed by atoms with Crippen molar-refractivity contribution < 1.29 is 19.1 Å². The van der Waals surface area contributed by atoms with Crippen LogP contribution in [0.5, 0.6) is 11.5 Å². The molecule has 3 aromatic rings. The van der Waals surface area contributed by atoms with Crippen LogP contribution < -0.4 is 10.1 Å². The largest absolute Gasteiger partial charge is 0.457 e. The summed E-state index contributed by atoms with van der Waals surface area (Å²) in [5, 5.41) is 5.64. The standard InChI is InChI=1S/C33H34N4O4S/c1-23-30(32(39)40-21-24-11-6-4-7-12-24)31(25-13-10-16-28(19-25)41-27-14-8-5-9-15-27)37-26(22-42-33(37)35-23)20-29(38)34-17-18-36(2)3/h4-16,19,22,31H,17-18,20-21H2,1-3H3,(H,34,38)/t31-/m0/s1. The Balaban J connectivity index is 1.46. The first kappa shape index (κ1) is 29.2. The summed E-state index contributed by atoms with van der Waals surface area (Å²) in [5.74, 6) is 0.798. The van der Waals surface area contributed by atoms with E-state index in [-0.39, 0.29) is 18.9 Å². The summed E-state index contributed by atoms with van der Waals surface area (Å²) in [4.78, 5) is 35.4. The predicted molar refractivity (Wildman–Crippen MR) is 166 cm³/mol. The van der Waals surface area contributed by atoms with E-state index >= 15 is 0 Å². The van der Waals surface area contributed by atoms with Gasteiger partial charge in [0, 0.05) is 18.8 Å². The van der Waals surface area contributed by atoms with E-state index in [4.69, 9.17) is 14.5 Å². The van der Waals surface area contributed by atoms with Crippen LogP contribution in [0.3, 0.4) is 0 Å². The number of amides is 1. The molecular formula is C33H34N4O4S. The van der Waals surface area contributed by atoms with Crippen molar-refractivity contribution in [1.29, 1.82) is 0 Å². The van der Waals surface area contributed by atoms with Gasteiger partial charge in [-0.05, 0) is 61.8 Å². The van der Waals surface area contributed by atoms with Crippen molar-refractivity contribution in [3.05, 3.63) is 118 Å². The smallest absolute Gasteiger partial charge is 0.338 e. The first-order valence-electron chi connectivity index (χ1n) is 13.8. The second-order valence-corrected chi connectivity index (χ2v) is 11.1. The average Bonchev–Trinajstić information content (AvgIpc) is 3.37. The summed E-state index contributed by atoms with van der Waals surface area (Å²) in [6.45, 7) is 3.26. The highest BCUT2D eigenvalue weighted by Crippen LogP contribution is 2.45. The fourth-order valence-corrected chi connectivity index (χ4v) is 5.73. The van der Waals surface area contributed by atoms with Crippen LogP contribution in [0.1, 0.15) is 30.5 Å². The van der Waals surface area contributed by atoms with E-state index in [9.17, 15) is 9.59 Å². The molecule has 2 heterocycles. The number of likely N-dealkylation sites (N-methyl/N-ethyl adjacent to an activating group) is 1. The third-order valence-electron chi connectivity index (χ3n) is 6.81. The van der Waals surface area contributed by atoms with Crippen molar-refractivity contribution >= 4 is 28.8 Å². The molecule has 0 aromatic heterocycles. The maximum atomic E-state index is 13.7. The van der Waals surface area contributed by atoms with Crippen molar-refractivity contribution in [2.24, 2.45) is 4.99 Å². The molecular weight excluding hydrogens is 548 g/mol. The second kappa shape index (κ2) is 13.5. The molecule has 0 fully saturated rings. The number of rotatable bonds is 11. The number of allylic oxidation sites excluding steroid dienone is 1. The highest BCUT2D eigenvalue weighted by atomic mass is 32.2. The number of carbonyl (C=O) groups excluding carboxylic acids is 2. The lowest BCUT2D eigenvalue weighted by atomic mass is 9.93. The van der Waals surface area contributed by atoms with Gasteiger partial charge >= 0.3 is 5.97 Å². The molecule has 5 rings (SSSR count). The normalized spacial score (nSPS) is 16.1. The van der Waals surface area contributed by atoms with E-state index < -0.39 is 12.0 Å². The number of carbonyl (C=O) groups is 2. The number of aliphatic imine (C=N–C) groups is 1. The van der Waals surface area contributed by atoms with E-state index in [1.54, 1.807) is 0 Å². The number of thioether (sulfide) groups is 1. The summed E-state index contributed by atoms with van der Waals surface area (Å²) in [7, 11) is 3.93. The summed E-state index contributed by atoms with van der Waals surface area (Å²) < 4.78 is 12.0. The fourth-order valence-electron chi connectivity index (χ4n) is 4.77. The Hall–Kier alpha value is -4.34. The molecule has 2 aliphatic rings. The number of esters is 1. The van der Waals surface area contributed by atoms with Crippen molar-refractivity contribution in [2.75, 3.05) is 27.2 Å². The van der Waals surface area contributed by atoms with Gasteiger partial charge in [-0.3, -0.25) is 4.79 Å². The number of amidine groups is 1. The molecule has 0 radical (unpaired) electrons.